The van der Waals surface area contributed by atoms with Crippen LogP contribution < -0.4 is 4.74 Å². The molecule has 0 radical (unpaired) electrons. The van der Waals surface area contributed by atoms with Crippen LogP contribution in [0, 0.1) is 0 Å². The van der Waals surface area contributed by atoms with E-state index in [1.807, 2.05) is 30.3 Å². The third-order valence-corrected chi connectivity index (χ3v) is 2.68. The van der Waals surface area contributed by atoms with Gasteiger partial charge in [-0.1, -0.05) is 30.3 Å². The monoisotopic (exact) mass is 244 g/mol. The first-order chi connectivity index (χ1) is 8.79. The van der Waals surface area contributed by atoms with Gasteiger partial charge >= 0.3 is 0 Å². The number of hydrogen-bond acceptors (Lipinski definition) is 3. The number of aliphatic hydroxyl groups is 1. The number of ether oxygens (including phenoxy) is 1. The van der Waals surface area contributed by atoms with Crippen LogP contribution in [-0.4, -0.2) is 16.8 Å². The highest BCUT2D eigenvalue weighted by atomic mass is 16.5. The normalized spacial score (nSPS) is 10.3. The lowest BCUT2D eigenvalue weighted by Crippen LogP contribution is -1.97. The molecular formula is C15H16O3. The predicted molar refractivity (Wildman–Crippen MR) is 69.7 cm³/mol. The average Bonchev–Trinajstić information content (AvgIpc) is 2.41. The van der Waals surface area contributed by atoms with Gasteiger partial charge in [0.2, 0.25) is 0 Å². The Morgan fingerprint density at radius 3 is 2.50 bits per heavy atom. The van der Waals surface area contributed by atoms with Gasteiger partial charge in [-0.05, 0) is 35.7 Å². The number of rotatable bonds is 5. The van der Waals surface area contributed by atoms with E-state index in [2.05, 4.69) is 0 Å². The van der Waals surface area contributed by atoms with Gasteiger partial charge in [0.15, 0.2) is 0 Å². The molecule has 0 aliphatic rings. The highest BCUT2D eigenvalue weighted by Gasteiger charge is 2.03. The van der Waals surface area contributed by atoms with Crippen molar-refractivity contribution in [3.05, 3.63) is 59.7 Å². The number of phenols is 1. The zero-order valence-electron chi connectivity index (χ0n) is 10.0. The van der Waals surface area contributed by atoms with E-state index >= 15 is 0 Å². The van der Waals surface area contributed by atoms with E-state index in [1.165, 1.54) is 0 Å². The van der Waals surface area contributed by atoms with Crippen molar-refractivity contribution in [1.29, 1.82) is 0 Å². The lowest BCUT2D eigenvalue weighted by atomic mass is 10.1. The summed E-state index contributed by atoms with van der Waals surface area (Å²) in [4.78, 5) is 0. The van der Waals surface area contributed by atoms with Gasteiger partial charge in [0.25, 0.3) is 0 Å². The summed E-state index contributed by atoms with van der Waals surface area (Å²) in [5.74, 6) is 0.885. The van der Waals surface area contributed by atoms with Crippen molar-refractivity contribution >= 4 is 0 Å². The van der Waals surface area contributed by atoms with Crippen LogP contribution in [0.1, 0.15) is 11.1 Å². The van der Waals surface area contributed by atoms with Crippen molar-refractivity contribution in [1.82, 2.24) is 0 Å². The van der Waals surface area contributed by atoms with Crippen LogP contribution in [0.5, 0.6) is 11.5 Å². The SMILES string of the molecule is OCCc1cc(OCc2ccccc2)ccc1O. The van der Waals surface area contributed by atoms with Crippen molar-refractivity contribution in [2.45, 2.75) is 13.0 Å². The summed E-state index contributed by atoms with van der Waals surface area (Å²) < 4.78 is 5.64. The maximum absolute atomic E-state index is 9.58. The number of aromatic hydroxyl groups is 1. The zero-order chi connectivity index (χ0) is 12.8. The van der Waals surface area contributed by atoms with Gasteiger partial charge in [0.1, 0.15) is 18.1 Å². The topological polar surface area (TPSA) is 49.7 Å². The molecule has 2 aromatic carbocycles. The molecule has 0 aliphatic heterocycles. The van der Waals surface area contributed by atoms with Crippen molar-refractivity contribution in [3.63, 3.8) is 0 Å². The van der Waals surface area contributed by atoms with Crippen LogP contribution in [0.2, 0.25) is 0 Å². The molecule has 0 fully saturated rings. The number of aliphatic hydroxyl groups excluding tert-OH is 1. The molecular weight excluding hydrogens is 228 g/mol. The molecule has 0 atom stereocenters. The zero-order valence-corrected chi connectivity index (χ0v) is 10.0. The molecule has 0 heterocycles. The second kappa shape index (κ2) is 6.07. The molecule has 3 nitrogen and oxygen atoms in total. The molecule has 0 saturated heterocycles. The Labute approximate surface area is 106 Å². The predicted octanol–water partition coefficient (Wildman–Crippen LogP) is 2.51. The molecule has 0 amide bonds. The Morgan fingerprint density at radius 2 is 1.78 bits per heavy atom. The van der Waals surface area contributed by atoms with E-state index in [0.717, 1.165) is 5.56 Å². The first-order valence-corrected chi connectivity index (χ1v) is 5.89. The van der Waals surface area contributed by atoms with E-state index < -0.39 is 0 Å². The Kier molecular flexibility index (Phi) is 4.20. The van der Waals surface area contributed by atoms with Gasteiger partial charge in [-0.3, -0.25) is 0 Å². The maximum Gasteiger partial charge on any atom is 0.120 e. The molecule has 2 aromatic rings. The minimum absolute atomic E-state index is 0.00962. The van der Waals surface area contributed by atoms with Crippen LogP contribution in [-0.2, 0) is 13.0 Å². The summed E-state index contributed by atoms with van der Waals surface area (Å²) in [6, 6.07) is 15.0. The van der Waals surface area contributed by atoms with Gasteiger partial charge < -0.3 is 14.9 Å². The molecule has 0 bridgehead atoms. The van der Waals surface area contributed by atoms with Crippen molar-refractivity contribution in [3.8, 4) is 11.5 Å². The fourth-order valence-electron chi connectivity index (χ4n) is 1.71. The van der Waals surface area contributed by atoms with E-state index in [4.69, 9.17) is 9.84 Å². The third-order valence-electron chi connectivity index (χ3n) is 2.68. The Hall–Kier alpha value is -2.00. The Bertz CT molecular complexity index is 494. The highest BCUT2D eigenvalue weighted by Crippen LogP contribution is 2.24. The summed E-state index contributed by atoms with van der Waals surface area (Å²) in [7, 11) is 0. The van der Waals surface area contributed by atoms with Crippen LogP contribution in [0.15, 0.2) is 48.5 Å². The summed E-state index contributed by atoms with van der Waals surface area (Å²) in [5.41, 5.74) is 1.79. The van der Waals surface area contributed by atoms with Crippen molar-refractivity contribution in [2.75, 3.05) is 6.61 Å². The fourth-order valence-corrected chi connectivity index (χ4v) is 1.71. The average molecular weight is 244 g/mol. The Morgan fingerprint density at radius 1 is 1.00 bits per heavy atom. The van der Waals surface area contributed by atoms with Gasteiger partial charge in [0.05, 0.1) is 0 Å². The number of phenolic OH excluding ortho intramolecular Hbond substituents is 1. The Balaban J connectivity index is 2.03. The standard InChI is InChI=1S/C15H16O3/c16-9-8-13-10-14(6-7-15(13)17)18-11-12-4-2-1-3-5-12/h1-7,10,16-17H,8-9,11H2. The molecule has 0 aromatic heterocycles. The second-order valence-electron chi connectivity index (χ2n) is 4.04. The molecule has 2 rings (SSSR count). The summed E-state index contributed by atoms with van der Waals surface area (Å²) in [6.07, 6.45) is 0.425. The largest absolute Gasteiger partial charge is 0.508 e. The molecule has 2 N–H and O–H groups in total. The lowest BCUT2D eigenvalue weighted by Gasteiger charge is -2.09. The maximum atomic E-state index is 9.58. The van der Waals surface area contributed by atoms with Gasteiger partial charge in [-0.25, -0.2) is 0 Å². The molecule has 0 saturated carbocycles. The second-order valence-corrected chi connectivity index (χ2v) is 4.04. The number of hydrogen-bond donors (Lipinski definition) is 2. The van der Waals surface area contributed by atoms with E-state index in [9.17, 15) is 5.11 Å². The van der Waals surface area contributed by atoms with E-state index in [1.54, 1.807) is 18.2 Å². The van der Waals surface area contributed by atoms with E-state index in [0.29, 0.717) is 24.3 Å². The molecule has 0 unspecified atom stereocenters. The minimum Gasteiger partial charge on any atom is -0.508 e. The van der Waals surface area contributed by atoms with E-state index in [-0.39, 0.29) is 12.4 Å². The first kappa shape index (κ1) is 12.5. The molecule has 0 aliphatic carbocycles. The summed E-state index contributed by atoms with van der Waals surface area (Å²) in [5, 5.41) is 18.5. The van der Waals surface area contributed by atoms with Crippen LogP contribution >= 0.6 is 0 Å². The molecule has 18 heavy (non-hydrogen) atoms. The molecule has 94 valence electrons. The smallest absolute Gasteiger partial charge is 0.120 e. The molecule has 3 heteroatoms. The lowest BCUT2D eigenvalue weighted by molar-refractivity contribution is 0.294. The fraction of sp³-hybridized carbons (Fsp3) is 0.200. The quantitative estimate of drug-likeness (QED) is 0.849. The highest BCUT2D eigenvalue weighted by molar-refractivity contribution is 5.39. The van der Waals surface area contributed by atoms with Crippen LogP contribution in [0.25, 0.3) is 0 Å². The van der Waals surface area contributed by atoms with Gasteiger partial charge in [-0.2, -0.15) is 0 Å². The van der Waals surface area contributed by atoms with Gasteiger partial charge in [0, 0.05) is 6.61 Å². The van der Waals surface area contributed by atoms with Gasteiger partial charge in [-0.15, -0.1) is 0 Å². The van der Waals surface area contributed by atoms with Crippen molar-refractivity contribution < 1.29 is 14.9 Å². The van der Waals surface area contributed by atoms with Crippen LogP contribution in [0.3, 0.4) is 0 Å². The first-order valence-electron chi connectivity index (χ1n) is 5.89. The summed E-state index contributed by atoms with van der Waals surface area (Å²) in [6.45, 7) is 0.500. The minimum atomic E-state index is 0.00962. The third kappa shape index (κ3) is 3.25. The number of benzene rings is 2. The molecule has 0 spiro atoms. The van der Waals surface area contributed by atoms with Crippen LogP contribution in [0.4, 0.5) is 0 Å². The van der Waals surface area contributed by atoms with Crippen molar-refractivity contribution in [2.24, 2.45) is 0 Å². The summed E-state index contributed by atoms with van der Waals surface area (Å²) >= 11 is 0.